The molecule has 2 amide bonds. The van der Waals surface area contributed by atoms with Crippen LogP contribution in [0.3, 0.4) is 0 Å². The Morgan fingerprint density at radius 2 is 1.52 bits per heavy atom. The zero-order valence-corrected chi connectivity index (χ0v) is 16.5. The van der Waals surface area contributed by atoms with Gasteiger partial charge in [0.2, 0.25) is 0 Å². The molecule has 0 saturated carbocycles. The van der Waals surface area contributed by atoms with E-state index < -0.39 is 0 Å². The highest BCUT2D eigenvalue weighted by molar-refractivity contribution is 6.06. The van der Waals surface area contributed by atoms with E-state index in [0.29, 0.717) is 41.4 Å². The number of carbonyl (C=O) groups excluding carboxylic acids is 2. The third kappa shape index (κ3) is 4.58. The molecule has 0 aromatic heterocycles. The number of carbonyl (C=O) groups is 2. The van der Waals surface area contributed by atoms with Crippen molar-refractivity contribution in [1.29, 1.82) is 0 Å². The molecule has 27 heavy (non-hydrogen) atoms. The number of benzene rings is 2. The second kappa shape index (κ2) is 9.07. The van der Waals surface area contributed by atoms with Crippen molar-refractivity contribution in [2.45, 2.75) is 20.8 Å². The highest BCUT2D eigenvalue weighted by atomic mass is 16.5. The van der Waals surface area contributed by atoms with Crippen molar-refractivity contribution in [3.8, 4) is 11.5 Å². The van der Waals surface area contributed by atoms with Gasteiger partial charge < -0.3 is 19.7 Å². The van der Waals surface area contributed by atoms with Gasteiger partial charge in [0.1, 0.15) is 0 Å². The number of amides is 2. The average molecular weight is 370 g/mol. The third-order valence-electron chi connectivity index (χ3n) is 4.42. The number of aryl methyl sites for hydroxylation is 1. The summed E-state index contributed by atoms with van der Waals surface area (Å²) in [6, 6.07) is 10.3. The van der Waals surface area contributed by atoms with E-state index >= 15 is 0 Å². The molecule has 0 aliphatic rings. The number of hydrogen-bond acceptors (Lipinski definition) is 4. The molecule has 2 aromatic carbocycles. The molecule has 0 fully saturated rings. The minimum atomic E-state index is -0.253. The Morgan fingerprint density at radius 1 is 0.963 bits per heavy atom. The van der Waals surface area contributed by atoms with E-state index in [4.69, 9.17) is 9.47 Å². The summed E-state index contributed by atoms with van der Waals surface area (Å²) in [5, 5.41) is 2.85. The van der Waals surface area contributed by atoms with Crippen LogP contribution in [0.5, 0.6) is 11.5 Å². The molecule has 2 aromatic rings. The molecular formula is C21H26N2O4. The molecular weight excluding hydrogens is 344 g/mol. The van der Waals surface area contributed by atoms with Gasteiger partial charge in [0.15, 0.2) is 11.5 Å². The Labute approximate surface area is 160 Å². The van der Waals surface area contributed by atoms with Gasteiger partial charge in [0.05, 0.1) is 14.2 Å². The third-order valence-corrected chi connectivity index (χ3v) is 4.42. The van der Waals surface area contributed by atoms with E-state index in [0.717, 1.165) is 5.56 Å². The highest BCUT2D eigenvalue weighted by Gasteiger charge is 2.16. The Morgan fingerprint density at radius 3 is 2.04 bits per heavy atom. The van der Waals surface area contributed by atoms with Gasteiger partial charge in [-0.2, -0.15) is 0 Å². The van der Waals surface area contributed by atoms with Crippen LogP contribution < -0.4 is 14.8 Å². The summed E-state index contributed by atoms with van der Waals surface area (Å²) < 4.78 is 10.5. The fraction of sp³-hybridized carbons (Fsp3) is 0.333. The van der Waals surface area contributed by atoms with Crippen molar-refractivity contribution in [2.75, 3.05) is 32.6 Å². The van der Waals surface area contributed by atoms with Crippen LogP contribution in [0.25, 0.3) is 0 Å². The number of methoxy groups -OCH3 is 2. The molecule has 6 heteroatoms. The van der Waals surface area contributed by atoms with Crippen LogP contribution in [0.4, 0.5) is 5.69 Å². The zero-order chi connectivity index (χ0) is 20.0. The molecule has 0 unspecified atom stereocenters. The van der Waals surface area contributed by atoms with Crippen molar-refractivity contribution >= 4 is 17.5 Å². The van der Waals surface area contributed by atoms with Gasteiger partial charge in [-0.25, -0.2) is 0 Å². The fourth-order valence-electron chi connectivity index (χ4n) is 2.81. The Kier molecular flexibility index (Phi) is 6.82. The molecule has 1 N–H and O–H groups in total. The maximum Gasteiger partial charge on any atom is 0.256 e. The quantitative estimate of drug-likeness (QED) is 0.806. The van der Waals surface area contributed by atoms with Crippen molar-refractivity contribution in [1.82, 2.24) is 4.90 Å². The molecule has 0 spiro atoms. The molecule has 0 aliphatic carbocycles. The predicted molar refractivity (Wildman–Crippen MR) is 106 cm³/mol. The first-order valence-electron chi connectivity index (χ1n) is 8.88. The molecule has 0 saturated heterocycles. The number of hydrogen-bond donors (Lipinski definition) is 1. The minimum Gasteiger partial charge on any atom is -0.493 e. The van der Waals surface area contributed by atoms with Crippen molar-refractivity contribution < 1.29 is 19.1 Å². The molecule has 0 heterocycles. The first-order valence-corrected chi connectivity index (χ1v) is 8.88. The Balaban J connectivity index is 2.18. The van der Waals surface area contributed by atoms with Crippen LogP contribution in [-0.4, -0.2) is 44.0 Å². The molecule has 0 bridgehead atoms. The Hall–Kier alpha value is -3.02. The van der Waals surface area contributed by atoms with Gasteiger partial charge in [-0.1, -0.05) is 0 Å². The number of anilines is 1. The van der Waals surface area contributed by atoms with Crippen LogP contribution in [0.15, 0.2) is 36.4 Å². The number of rotatable bonds is 7. The summed E-state index contributed by atoms with van der Waals surface area (Å²) in [5.74, 6) is 0.795. The maximum absolute atomic E-state index is 12.6. The van der Waals surface area contributed by atoms with Crippen LogP contribution in [0.2, 0.25) is 0 Å². The molecule has 6 nitrogen and oxygen atoms in total. The van der Waals surface area contributed by atoms with Crippen LogP contribution >= 0.6 is 0 Å². The van der Waals surface area contributed by atoms with E-state index in [9.17, 15) is 9.59 Å². The van der Waals surface area contributed by atoms with Gasteiger partial charge in [0, 0.05) is 29.9 Å². The fourth-order valence-corrected chi connectivity index (χ4v) is 2.81. The van der Waals surface area contributed by atoms with E-state index in [1.165, 1.54) is 7.11 Å². The monoisotopic (exact) mass is 370 g/mol. The first-order chi connectivity index (χ1) is 12.9. The number of nitrogens with zero attached hydrogens (tertiary/aromatic N) is 1. The zero-order valence-electron chi connectivity index (χ0n) is 16.5. The predicted octanol–water partition coefficient (Wildman–Crippen LogP) is 3.75. The molecule has 0 radical (unpaired) electrons. The summed E-state index contributed by atoms with van der Waals surface area (Å²) >= 11 is 0. The smallest absolute Gasteiger partial charge is 0.256 e. The Bertz CT molecular complexity index is 812. The molecule has 144 valence electrons. The van der Waals surface area contributed by atoms with E-state index in [2.05, 4.69) is 5.32 Å². The maximum atomic E-state index is 12.6. The van der Waals surface area contributed by atoms with E-state index in [1.807, 2.05) is 20.8 Å². The van der Waals surface area contributed by atoms with Gasteiger partial charge in [-0.05, 0) is 62.7 Å². The molecule has 2 rings (SSSR count). The van der Waals surface area contributed by atoms with Gasteiger partial charge in [-0.15, -0.1) is 0 Å². The standard InChI is InChI=1S/C21H26N2O4/c1-6-23(7-2)21(25)15-8-10-16(11-9-15)22-20(24)17-13-19(27-5)18(26-4)12-14(17)3/h8-13H,6-7H2,1-5H3,(H,22,24). The summed E-state index contributed by atoms with van der Waals surface area (Å²) in [7, 11) is 3.08. The lowest BCUT2D eigenvalue weighted by Gasteiger charge is -2.18. The average Bonchev–Trinajstić information content (AvgIpc) is 2.68. The first kappa shape index (κ1) is 20.3. The van der Waals surface area contributed by atoms with Crippen molar-refractivity contribution in [2.24, 2.45) is 0 Å². The van der Waals surface area contributed by atoms with Crippen LogP contribution in [0, 0.1) is 6.92 Å². The summed E-state index contributed by atoms with van der Waals surface area (Å²) in [6.45, 7) is 7.05. The lowest BCUT2D eigenvalue weighted by atomic mass is 10.1. The topological polar surface area (TPSA) is 67.9 Å². The van der Waals surface area contributed by atoms with Crippen molar-refractivity contribution in [3.05, 3.63) is 53.1 Å². The number of nitrogens with one attached hydrogen (secondary N) is 1. The van der Waals surface area contributed by atoms with Gasteiger partial charge in [-0.3, -0.25) is 9.59 Å². The lowest BCUT2D eigenvalue weighted by molar-refractivity contribution is 0.0773. The second-order valence-corrected chi connectivity index (χ2v) is 6.03. The van der Waals surface area contributed by atoms with Crippen LogP contribution in [-0.2, 0) is 0 Å². The second-order valence-electron chi connectivity index (χ2n) is 6.03. The highest BCUT2D eigenvalue weighted by Crippen LogP contribution is 2.30. The molecule has 0 atom stereocenters. The lowest BCUT2D eigenvalue weighted by Crippen LogP contribution is -2.30. The normalized spacial score (nSPS) is 10.3. The SMILES string of the molecule is CCN(CC)C(=O)c1ccc(NC(=O)c2cc(OC)c(OC)cc2C)cc1. The van der Waals surface area contributed by atoms with E-state index in [-0.39, 0.29) is 11.8 Å². The minimum absolute atomic E-state index is 0.0198. The largest absolute Gasteiger partial charge is 0.493 e. The summed E-state index contributed by atoms with van der Waals surface area (Å²) in [4.78, 5) is 26.7. The summed E-state index contributed by atoms with van der Waals surface area (Å²) in [6.07, 6.45) is 0. The summed E-state index contributed by atoms with van der Waals surface area (Å²) in [5.41, 5.74) is 2.48. The van der Waals surface area contributed by atoms with Crippen LogP contribution in [0.1, 0.15) is 40.1 Å². The number of ether oxygens (including phenoxy) is 2. The van der Waals surface area contributed by atoms with Gasteiger partial charge >= 0.3 is 0 Å². The van der Waals surface area contributed by atoms with Gasteiger partial charge in [0.25, 0.3) is 11.8 Å². The molecule has 0 aliphatic heterocycles. The van der Waals surface area contributed by atoms with Crippen molar-refractivity contribution in [3.63, 3.8) is 0 Å². The van der Waals surface area contributed by atoms with E-state index in [1.54, 1.807) is 48.4 Å².